The molecule has 1 fully saturated rings. The number of nitro groups is 1. The van der Waals surface area contributed by atoms with Crippen molar-refractivity contribution in [2.75, 3.05) is 36.5 Å². The van der Waals surface area contributed by atoms with Crippen LogP contribution in [0.4, 0.5) is 30.2 Å². The summed E-state index contributed by atoms with van der Waals surface area (Å²) in [5.74, 6) is -0.890. The third-order valence-electron chi connectivity index (χ3n) is 5.33. The molecule has 0 radical (unpaired) electrons. The van der Waals surface area contributed by atoms with Crippen molar-refractivity contribution in [2.24, 2.45) is 0 Å². The van der Waals surface area contributed by atoms with Crippen LogP contribution in [0.1, 0.15) is 21.7 Å². The Balaban J connectivity index is 1.62. The van der Waals surface area contributed by atoms with Crippen LogP contribution in [0.25, 0.3) is 5.69 Å². The Hall–Kier alpha value is -4.00. The van der Waals surface area contributed by atoms with E-state index < -0.39 is 28.3 Å². The summed E-state index contributed by atoms with van der Waals surface area (Å²) in [6.07, 6.45) is -4.71. The van der Waals surface area contributed by atoms with E-state index in [1.807, 2.05) is 0 Å². The van der Waals surface area contributed by atoms with Gasteiger partial charge in [0, 0.05) is 30.9 Å². The molecular weight excluding hydrogens is 457 g/mol. The zero-order valence-corrected chi connectivity index (χ0v) is 17.9. The Morgan fingerprint density at radius 2 is 1.88 bits per heavy atom. The zero-order valence-electron chi connectivity index (χ0n) is 17.9. The molecule has 0 saturated carbocycles. The highest BCUT2D eigenvalue weighted by atomic mass is 19.4. The first-order valence-electron chi connectivity index (χ1n) is 10.2. The molecule has 0 unspecified atom stereocenters. The molecule has 34 heavy (non-hydrogen) atoms. The molecule has 178 valence electrons. The normalized spacial score (nSPS) is 14.2. The Bertz CT molecular complexity index is 1240. The largest absolute Gasteiger partial charge is 0.418 e. The second kappa shape index (κ2) is 9.09. The minimum Gasteiger partial charge on any atom is -0.378 e. The topological polar surface area (TPSA) is 115 Å². The Labute approximate surface area is 191 Å². The van der Waals surface area contributed by atoms with Crippen LogP contribution in [0, 0.1) is 17.0 Å². The SMILES string of the molecule is Cc1c(C(=O)Nc2ccc(N3CCOCC3)cc2C(F)(F)F)nnn1-c1cccc([N+](=O)[O-])c1. The Morgan fingerprint density at radius 1 is 1.15 bits per heavy atom. The number of hydrogen-bond donors (Lipinski definition) is 1. The summed E-state index contributed by atoms with van der Waals surface area (Å²) in [5, 5.41) is 20.9. The highest BCUT2D eigenvalue weighted by molar-refractivity contribution is 6.04. The van der Waals surface area contributed by atoms with Gasteiger partial charge >= 0.3 is 6.18 Å². The van der Waals surface area contributed by atoms with Gasteiger partial charge < -0.3 is 15.0 Å². The number of benzene rings is 2. The molecule has 10 nitrogen and oxygen atoms in total. The van der Waals surface area contributed by atoms with Crippen molar-refractivity contribution in [3.05, 3.63) is 69.5 Å². The fraction of sp³-hybridized carbons (Fsp3) is 0.286. The Morgan fingerprint density at radius 3 is 2.56 bits per heavy atom. The number of non-ortho nitro benzene ring substituents is 1. The number of nitro benzene ring substituents is 1. The van der Waals surface area contributed by atoms with E-state index in [0.717, 1.165) is 6.07 Å². The summed E-state index contributed by atoms with van der Waals surface area (Å²) >= 11 is 0. The number of carbonyl (C=O) groups excluding carboxylic acids is 1. The van der Waals surface area contributed by atoms with Gasteiger partial charge in [0.15, 0.2) is 5.69 Å². The van der Waals surface area contributed by atoms with Crippen molar-refractivity contribution < 1.29 is 27.6 Å². The predicted octanol–water partition coefficient (Wildman–Crippen LogP) is 3.59. The van der Waals surface area contributed by atoms with Gasteiger partial charge in [-0.25, -0.2) is 4.68 Å². The number of nitrogens with one attached hydrogen (secondary N) is 1. The number of hydrogen-bond acceptors (Lipinski definition) is 7. The van der Waals surface area contributed by atoms with E-state index in [4.69, 9.17) is 4.74 Å². The molecule has 13 heteroatoms. The average Bonchev–Trinajstić information content (AvgIpc) is 3.20. The first-order chi connectivity index (χ1) is 16.1. The van der Waals surface area contributed by atoms with Crippen LogP contribution in [-0.4, -0.2) is 52.1 Å². The monoisotopic (exact) mass is 476 g/mol. The molecule has 0 spiro atoms. The van der Waals surface area contributed by atoms with E-state index in [1.165, 1.54) is 48.0 Å². The maximum absolute atomic E-state index is 13.8. The van der Waals surface area contributed by atoms with E-state index in [9.17, 15) is 28.1 Å². The minimum absolute atomic E-state index is 0.187. The third-order valence-corrected chi connectivity index (χ3v) is 5.33. The molecule has 0 bridgehead atoms. The molecule has 1 aromatic heterocycles. The van der Waals surface area contributed by atoms with Gasteiger partial charge in [0.1, 0.15) is 0 Å². The minimum atomic E-state index is -4.71. The molecule has 3 aromatic rings. The lowest BCUT2D eigenvalue weighted by molar-refractivity contribution is -0.384. The standard InChI is InChI=1S/C21H19F3N6O4/c1-13-19(26-27-29(13)15-3-2-4-16(11-15)30(32)33)20(31)25-18-6-5-14(12-17(18)21(22,23)24)28-7-9-34-10-8-28/h2-6,11-12H,7-10H2,1H3,(H,25,31). The quantitative estimate of drug-likeness (QED) is 0.442. The summed E-state index contributed by atoms with van der Waals surface area (Å²) in [6.45, 7) is 3.24. The fourth-order valence-corrected chi connectivity index (χ4v) is 3.60. The molecule has 1 amide bonds. The zero-order chi connectivity index (χ0) is 24.5. The van der Waals surface area contributed by atoms with Crippen molar-refractivity contribution in [3.63, 3.8) is 0 Å². The number of nitrogens with zero attached hydrogens (tertiary/aromatic N) is 5. The summed E-state index contributed by atoms with van der Waals surface area (Å²) in [5.41, 5.74) is -0.945. The van der Waals surface area contributed by atoms with E-state index in [1.54, 1.807) is 4.90 Å². The lowest BCUT2D eigenvalue weighted by atomic mass is 10.1. The van der Waals surface area contributed by atoms with Crippen molar-refractivity contribution in [1.82, 2.24) is 15.0 Å². The molecular formula is C21H19F3N6O4. The maximum Gasteiger partial charge on any atom is 0.418 e. The third kappa shape index (κ3) is 4.69. The molecule has 1 saturated heterocycles. The van der Waals surface area contributed by atoms with Gasteiger partial charge in [0.05, 0.1) is 40.8 Å². The maximum atomic E-state index is 13.8. The van der Waals surface area contributed by atoms with Gasteiger partial charge in [-0.05, 0) is 31.2 Å². The second-order valence-corrected chi connectivity index (χ2v) is 7.49. The number of amides is 1. The highest BCUT2D eigenvalue weighted by Crippen LogP contribution is 2.37. The number of alkyl halides is 3. The molecule has 0 aliphatic carbocycles. The number of rotatable bonds is 5. The molecule has 2 heterocycles. The van der Waals surface area contributed by atoms with Crippen molar-refractivity contribution in [1.29, 1.82) is 0 Å². The van der Waals surface area contributed by atoms with Crippen molar-refractivity contribution in [2.45, 2.75) is 13.1 Å². The van der Waals surface area contributed by atoms with Gasteiger partial charge in [0.25, 0.3) is 11.6 Å². The molecule has 4 rings (SSSR count). The Kier molecular flexibility index (Phi) is 6.20. The van der Waals surface area contributed by atoms with Gasteiger partial charge in [-0.15, -0.1) is 5.10 Å². The number of halogens is 3. The van der Waals surface area contributed by atoms with Crippen LogP contribution in [0.5, 0.6) is 0 Å². The summed E-state index contributed by atoms with van der Waals surface area (Å²) in [4.78, 5) is 25.0. The summed E-state index contributed by atoms with van der Waals surface area (Å²) in [7, 11) is 0. The van der Waals surface area contributed by atoms with Crippen molar-refractivity contribution >= 4 is 23.0 Å². The molecule has 1 aliphatic rings. The molecule has 0 atom stereocenters. The number of carbonyl (C=O) groups is 1. The van der Waals surface area contributed by atoms with Gasteiger partial charge in [0.2, 0.25) is 0 Å². The van der Waals surface area contributed by atoms with Crippen molar-refractivity contribution in [3.8, 4) is 5.69 Å². The van der Waals surface area contributed by atoms with Gasteiger partial charge in [-0.2, -0.15) is 13.2 Å². The first-order valence-corrected chi connectivity index (χ1v) is 10.2. The second-order valence-electron chi connectivity index (χ2n) is 7.49. The predicted molar refractivity (Wildman–Crippen MR) is 115 cm³/mol. The smallest absolute Gasteiger partial charge is 0.378 e. The first kappa shape index (κ1) is 23.2. The number of aromatic nitrogens is 3. The van der Waals surface area contributed by atoms with Crippen LogP contribution in [-0.2, 0) is 10.9 Å². The van der Waals surface area contributed by atoms with Gasteiger partial charge in [-0.3, -0.25) is 14.9 Å². The molecule has 1 N–H and O–H groups in total. The summed E-state index contributed by atoms with van der Waals surface area (Å²) in [6, 6.07) is 9.21. The van der Waals surface area contributed by atoms with E-state index >= 15 is 0 Å². The summed E-state index contributed by atoms with van der Waals surface area (Å²) < 4.78 is 47.8. The van der Waals surface area contributed by atoms with Crippen LogP contribution in [0.2, 0.25) is 0 Å². The average molecular weight is 476 g/mol. The van der Waals surface area contributed by atoms with E-state index in [0.29, 0.717) is 32.0 Å². The highest BCUT2D eigenvalue weighted by Gasteiger charge is 2.35. The number of morpholine rings is 1. The number of ether oxygens (including phenoxy) is 1. The van der Waals surface area contributed by atoms with E-state index in [-0.39, 0.29) is 22.8 Å². The van der Waals surface area contributed by atoms with Crippen LogP contribution in [0.15, 0.2) is 42.5 Å². The molecule has 1 aliphatic heterocycles. The fourth-order valence-electron chi connectivity index (χ4n) is 3.60. The molecule has 2 aromatic carbocycles. The van der Waals surface area contributed by atoms with Crippen LogP contribution in [0.3, 0.4) is 0 Å². The lowest BCUT2D eigenvalue weighted by Crippen LogP contribution is -2.36. The number of anilines is 2. The van der Waals surface area contributed by atoms with E-state index in [2.05, 4.69) is 15.6 Å². The van der Waals surface area contributed by atoms with Gasteiger partial charge in [-0.1, -0.05) is 11.3 Å². The van der Waals surface area contributed by atoms with Crippen LogP contribution < -0.4 is 10.2 Å². The lowest BCUT2D eigenvalue weighted by Gasteiger charge is -2.29. The van der Waals surface area contributed by atoms with Crippen LogP contribution >= 0.6 is 0 Å².